The number of aliphatic carboxylic acids is 1. The molecule has 100 valence electrons. The van der Waals surface area contributed by atoms with Crippen LogP contribution in [0.15, 0.2) is 24.3 Å². The molecule has 0 aromatic heterocycles. The molecule has 1 saturated heterocycles. The lowest BCUT2D eigenvalue weighted by Gasteiger charge is -2.37. The Balaban J connectivity index is 2.23. The summed E-state index contributed by atoms with van der Waals surface area (Å²) in [6.45, 7) is 2.81. The fraction of sp³-hybridized carbons (Fsp3) is 0.467. The Morgan fingerprint density at radius 3 is 3.00 bits per heavy atom. The van der Waals surface area contributed by atoms with E-state index in [1.165, 1.54) is 0 Å². The molecule has 0 amide bonds. The molecule has 1 aliphatic rings. The average molecular weight is 258 g/mol. The number of hydrogen-bond donors (Lipinski definition) is 1. The van der Waals surface area contributed by atoms with Crippen LogP contribution in [0.1, 0.15) is 43.4 Å². The van der Waals surface area contributed by atoms with Crippen molar-refractivity contribution in [2.75, 3.05) is 6.54 Å². The zero-order valence-corrected chi connectivity index (χ0v) is 11.0. The molecule has 2 rings (SSSR count). The monoisotopic (exact) mass is 258 g/mol. The third-order valence-corrected chi connectivity index (χ3v) is 3.82. The van der Waals surface area contributed by atoms with Crippen LogP contribution in [0, 0.1) is 11.3 Å². The van der Waals surface area contributed by atoms with Crippen molar-refractivity contribution in [1.82, 2.24) is 4.90 Å². The number of benzene rings is 1. The molecule has 4 heteroatoms. The van der Waals surface area contributed by atoms with Gasteiger partial charge in [-0.1, -0.05) is 18.6 Å². The third-order valence-electron chi connectivity index (χ3n) is 3.82. The summed E-state index contributed by atoms with van der Waals surface area (Å²) < 4.78 is 0. The van der Waals surface area contributed by atoms with Gasteiger partial charge in [-0.3, -0.25) is 9.69 Å². The minimum Gasteiger partial charge on any atom is -0.480 e. The molecule has 1 fully saturated rings. The van der Waals surface area contributed by atoms with Gasteiger partial charge in [0.05, 0.1) is 11.6 Å². The second-order valence-electron chi connectivity index (χ2n) is 5.00. The highest BCUT2D eigenvalue weighted by atomic mass is 16.4. The number of hydrogen-bond acceptors (Lipinski definition) is 3. The van der Waals surface area contributed by atoms with Gasteiger partial charge in [-0.15, -0.1) is 0 Å². The SMILES string of the molecule is CC(c1cccc(C#N)c1)N1CCCCC1C(=O)O. The van der Waals surface area contributed by atoms with Crippen molar-refractivity contribution in [3.63, 3.8) is 0 Å². The van der Waals surface area contributed by atoms with Gasteiger partial charge >= 0.3 is 5.97 Å². The zero-order chi connectivity index (χ0) is 13.8. The number of piperidine rings is 1. The normalized spacial score (nSPS) is 21.6. The van der Waals surface area contributed by atoms with E-state index in [1.54, 1.807) is 6.07 Å². The Bertz CT molecular complexity index is 507. The van der Waals surface area contributed by atoms with E-state index in [-0.39, 0.29) is 6.04 Å². The largest absolute Gasteiger partial charge is 0.480 e. The van der Waals surface area contributed by atoms with Gasteiger partial charge in [0.25, 0.3) is 0 Å². The van der Waals surface area contributed by atoms with Gasteiger partial charge in [-0.05, 0) is 44.0 Å². The van der Waals surface area contributed by atoms with Crippen LogP contribution in [0.4, 0.5) is 0 Å². The Kier molecular flexibility index (Phi) is 4.18. The van der Waals surface area contributed by atoms with E-state index in [4.69, 9.17) is 5.26 Å². The molecule has 1 heterocycles. The predicted octanol–water partition coefficient (Wildman–Crippen LogP) is 2.56. The first kappa shape index (κ1) is 13.6. The lowest BCUT2D eigenvalue weighted by molar-refractivity contribution is -0.145. The molecule has 0 radical (unpaired) electrons. The Labute approximate surface area is 113 Å². The number of likely N-dealkylation sites (tertiary alicyclic amines) is 1. The molecule has 19 heavy (non-hydrogen) atoms. The fourth-order valence-electron chi connectivity index (χ4n) is 2.74. The van der Waals surface area contributed by atoms with Gasteiger partial charge < -0.3 is 5.11 Å². The van der Waals surface area contributed by atoms with Gasteiger partial charge in [-0.25, -0.2) is 0 Å². The zero-order valence-electron chi connectivity index (χ0n) is 11.0. The summed E-state index contributed by atoms with van der Waals surface area (Å²) in [5.74, 6) is -0.747. The van der Waals surface area contributed by atoms with Crippen LogP contribution in [0.5, 0.6) is 0 Å². The first-order valence-corrected chi connectivity index (χ1v) is 6.62. The van der Waals surface area contributed by atoms with Crippen molar-refractivity contribution in [3.8, 4) is 6.07 Å². The predicted molar refractivity (Wildman–Crippen MR) is 71.6 cm³/mol. The molecule has 1 aromatic rings. The minimum atomic E-state index is -0.747. The molecule has 0 spiro atoms. The molecule has 1 N–H and O–H groups in total. The molecule has 2 unspecified atom stereocenters. The fourth-order valence-corrected chi connectivity index (χ4v) is 2.74. The van der Waals surface area contributed by atoms with Crippen LogP contribution in [-0.2, 0) is 4.79 Å². The quantitative estimate of drug-likeness (QED) is 0.905. The molecule has 4 nitrogen and oxygen atoms in total. The summed E-state index contributed by atoms with van der Waals surface area (Å²) >= 11 is 0. The topological polar surface area (TPSA) is 64.3 Å². The summed E-state index contributed by atoms with van der Waals surface area (Å²) in [5, 5.41) is 18.2. The summed E-state index contributed by atoms with van der Waals surface area (Å²) in [4.78, 5) is 13.4. The molecular formula is C15H18N2O2. The van der Waals surface area contributed by atoms with Crippen LogP contribution >= 0.6 is 0 Å². The van der Waals surface area contributed by atoms with E-state index in [2.05, 4.69) is 6.07 Å². The minimum absolute atomic E-state index is 0.0229. The Hall–Kier alpha value is -1.86. The van der Waals surface area contributed by atoms with Crippen molar-refractivity contribution in [2.45, 2.75) is 38.3 Å². The number of carboxylic acid groups (broad SMARTS) is 1. The Morgan fingerprint density at radius 2 is 2.32 bits per heavy atom. The summed E-state index contributed by atoms with van der Waals surface area (Å²) in [6, 6.07) is 9.16. The first-order valence-electron chi connectivity index (χ1n) is 6.62. The van der Waals surface area contributed by atoms with Gasteiger partial charge in [0.2, 0.25) is 0 Å². The highest BCUT2D eigenvalue weighted by Gasteiger charge is 2.32. The number of carbonyl (C=O) groups is 1. The molecule has 1 aliphatic heterocycles. The van der Waals surface area contributed by atoms with Crippen molar-refractivity contribution >= 4 is 5.97 Å². The Morgan fingerprint density at radius 1 is 1.53 bits per heavy atom. The lowest BCUT2D eigenvalue weighted by Crippen LogP contribution is -2.45. The third kappa shape index (κ3) is 2.94. The van der Waals surface area contributed by atoms with E-state index in [1.807, 2.05) is 30.0 Å². The highest BCUT2D eigenvalue weighted by molar-refractivity contribution is 5.73. The maximum absolute atomic E-state index is 11.3. The van der Waals surface area contributed by atoms with Gasteiger partial charge in [0.15, 0.2) is 0 Å². The second kappa shape index (κ2) is 5.85. The number of nitriles is 1. The van der Waals surface area contributed by atoms with Gasteiger partial charge in [0, 0.05) is 6.04 Å². The molecular weight excluding hydrogens is 240 g/mol. The van der Waals surface area contributed by atoms with Crippen molar-refractivity contribution in [2.24, 2.45) is 0 Å². The smallest absolute Gasteiger partial charge is 0.320 e. The molecule has 1 aromatic carbocycles. The molecule has 0 bridgehead atoms. The molecule has 0 saturated carbocycles. The number of carboxylic acids is 1. The maximum atomic E-state index is 11.3. The van der Waals surface area contributed by atoms with Crippen molar-refractivity contribution < 1.29 is 9.90 Å². The number of rotatable bonds is 3. The van der Waals surface area contributed by atoms with Crippen molar-refractivity contribution in [3.05, 3.63) is 35.4 Å². The van der Waals surface area contributed by atoms with E-state index < -0.39 is 12.0 Å². The summed E-state index contributed by atoms with van der Waals surface area (Å²) in [5.41, 5.74) is 1.63. The summed E-state index contributed by atoms with van der Waals surface area (Å²) in [7, 11) is 0. The number of nitrogens with zero attached hydrogens (tertiary/aromatic N) is 2. The lowest BCUT2D eigenvalue weighted by atomic mass is 9.96. The van der Waals surface area contributed by atoms with Gasteiger partial charge in [-0.2, -0.15) is 5.26 Å². The van der Waals surface area contributed by atoms with Crippen LogP contribution in [0.3, 0.4) is 0 Å². The second-order valence-corrected chi connectivity index (χ2v) is 5.00. The van der Waals surface area contributed by atoms with E-state index >= 15 is 0 Å². The van der Waals surface area contributed by atoms with E-state index in [9.17, 15) is 9.90 Å². The highest BCUT2D eigenvalue weighted by Crippen LogP contribution is 2.28. The van der Waals surface area contributed by atoms with Crippen LogP contribution in [0.2, 0.25) is 0 Å². The standard InChI is InChI=1S/C15H18N2O2/c1-11(13-6-4-5-12(9-13)10-16)17-8-3-2-7-14(17)15(18)19/h4-6,9,11,14H,2-3,7-8H2,1H3,(H,18,19). The average Bonchev–Trinajstić information content (AvgIpc) is 2.46. The summed E-state index contributed by atoms with van der Waals surface area (Å²) in [6.07, 6.45) is 2.71. The van der Waals surface area contributed by atoms with E-state index in [0.717, 1.165) is 24.9 Å². The van der Waals surface area contributed by atoms with Gasteiger partial charge in [0.1, 0.15) is 6.04 Å². The van der Waals surface area contributed by atoms with E-state index in [0.29, 0.717) is 12.0 Å². The van der Waals surface area contributed by atoms with Crippen molar-refractivity contribution in [1.29, 1.82) is 5.26 Å². The van der Waals surface area contributed by atoms with Crippen LogP contribution in [-0.4, -0.2) is 28.6 Å². The van der Waals surface area contributed by atoms with Crippen LogP contribution in [0.25, 0.3) is 0 Å². The molecule has 0 aliphatic carbocycles. The maximum Gasteiger partial charge on any atom is 0.320 e. The first-order chi connectivity index (χ1) is 9.13. The van der Waals surface area contributed by atoms with Crippen LogP contribution < -0.4 is 0 Å². The molecule has 2 atom stereocenters.